The second kappa shape index (κ2) is 30.3. The molecule has 1 amide bonds. The average Bonchev–Trinajstić information content (AvgIpc) is 3.11. The Morgan fingerprint density at radius 2 is 1.18 bits per heavy atom. The van der Waals surface area contributed by atoms with E-state index in [-0.39, 0.29) is 12.8 Å². The lowest BCUT2D eigenvalue weighted by Gasteiger charge is -2.40. The molecule has 1 fully saturated rings. The Kier molecular flexibility index (Phi) is 28.4. The number of carbonyl (C=O) groups excluding carboxylic acids is 1. The minimum absolute atomic E-state index is 0.257. The number of carbonyl (C=O) groups is 1. The van der Waals surface area contributed by atoms with Gasteiger partial charge in [0.2, 0.25) is 5.91 Å². The van der Waals surface area contributed by atoms with E-state index in [0.717, 1.165) is 38.5 Å². The Morgan fingerprint density at radius 3 is 1.72 bits per heavy atom. The van der Waals surface area contributed by atoms with Gasteiger partial charge in [-0.05, 0) is 38.5 Å². The van der Waals surface area contributed by atoms with E-state index in [1.165, 1.54) is 83.5 Å². The van der Waals surface area contributed by atoms with Crippen LogP contribution in [0.1, 0.15) is 162 Å². The van der Waals surface area contributed by atoms with Crippen molar-refractivity contribution >= 4 is 5.91 Å². The molecule has 0 spiro atoms. The lowest BCUT2D eigenvalue weighted by molar-refractivity contribution is -0.303. The summed E-state index contributed by atoms with van der Waals surface area (Å²) >= 11 is 0. The summed E-state index contributed by atoms with van der Waals surface area (Å²) in [5, 5.41) is 75.1. The van der Waals surface area contributed by atoms with Crippen LogP contribution in [0.15, 0.2) is 12.2 Å². The Labute approximate surface area is 302 Å². The van der Waals surface area contributed by atoms with E-state index >= 15 is 0 Å². The zero-order valence-corrected chi connectivity index (χ0v) is 31.4. The second-order valence-electron chi connectivity index (χ2n) is 14.4. The van der Waals surface area contributed by atoms with Crippen molar-refractivity contribution in [1.82, 2.24) is 5.32 Å². The van der Waals surface area contributed by atoms with Crippen molar-refractivity contribution in [2.24, 2.45) is 0 Å². The first-order valence-corrected chi connectivity index (χ1v) is 20.1. The standard InChI is InChI=1S/C39H75NO10/c1-3-5-7-9-11-13-15-17-19-21-23-25-27-32(43)38(48)40-30(29-49-39-37(47)36(46)35(45)33(28-41)50-39)34(44)31(42)26-24-22-20-18-16-14-12-10-8-6-4-2/h18,20,30-37,39,41-47H,3-17,19,21-29H2,1-2H3,(H,40,48)/b20-18+/t30-,31+,32+,33+,34-,35+,36-,37+,39+/m0/s1. The first-order chi connectivity index (χ1) is 24.2. The van der Waals surface area contributed by atoms with E-state index in [4.69, 9.17) is 9.47 Å². The van der Waals surface area contributed by atoms with Crippen LogP contribution in [0.4, 0.5) is 0 Å². The third kappa shape index (κ3) is 20.8. The predicted molar refractivity (Wildman–Crippen MR) is 196 cm³/mol. The average molecular weight is 718 g/mol. The quantitative estimate of drug-likeness (QED) is 0.0350. The fourth-order valence-corrected chi connectivity index (χ4v) is 6.38. The fraction of sp³-hybridized carbons (Fsp3) is 0.923. The van der Waals surface area contributed by atoms with E-state index in [1.54, 1.807) is 0 Å². The minimum atomic E-state index is -1.66. The molecule has 9 atom stereocenters. The largest absolute Gasteiger partial charge is 0.394 e. The van der Waals surface area contributed by atoms with Crippen molar-refractivity contribution in [3.8, 4) is 0 Å². The van der Waals surface area contributed by atoms with Gasteiger partial charge in [0.15, 0.2) is 6.29 Å². The van der Waals surface area contributed by atoms with Gasteiger partial charge in [-0.1, -0.05) is 135 Å². The Bertz CT molecular complexity index is 831. The van der Waals surface area contributed by atoms with Crippen molar-refractivity contribution in [2.45, 2.75) is 217 Å². The molecule has 0 aromatic rings. The van der Waals surface area contributed by atoms with Crippen LogP contribution in [0, 0.1) is 0 Å². The van der Waals surface area contributed by atoms with Gasteiger partial charge in [0.25, 0.3) is 0 Å². The van der Waals surface area contributed by atoms with Crippen LogP contribution < -0.4 is 5.32 Å². The van der Waals surface area contributed by atoms with Crippen molar-refractivity contribution in [3.63, 3.8) is 0 Å². The molecule has 11 heteroatoms. The number of hydrogen-bond acceptors (Lipinski definition) is 10. The van der Waals surface area contributed by atoms with E-state index < -0.39 is 74.2 Å². The molecule has 11 nitrogen and oxygen atoms in total. The summed E-state index contributed by atoms with van der Waals surface area (Å²) in [6.07, 6.45) is 17.0. The van der Waals surface area contributed by atoms with Crippen LogP contribution in [0.5, 0.6) is 0 Å². The maximum Gasteiger partial charge on any atom is 0.249 e. The molecule has 1 aliphatic heterocycles. The summed E-state index contributed by atoms with van der Waals surface area (Å²) in [4.78, 5) is 13.0. The number of hydrogen-bond donors (Lipinski definition) is 8. The van der Waals surface area contributed by atoms with E-state index in [0.29, 0.717) is 12.8 Å². The SMILES string of the molecule is CCCCCCCC/C=C/CCC[C@@H](O)[C@@H](O)[C@H](CO[C@@H]1O[C@H](CO)[C@@H](O)[C@H](O)[C@H]1O)NC(=O)[C@H](O)CCCCCCCCCCCCCC. The third-order valence-corrected chi connectivity index (χ3v) is 9.82. The first-order valence-electron chi connectivity index (χ1n) is 20.1. The number of amides is 1. The maximum absolute atomic E-state index is 13.0. The number of rotatable bonds is 32. The van der Waals surface area contributed by atoms with Crippen molar-refractivity contribution in [3.05, 3.63) is 12.2 Å². The van der Waals surface area contributed by atoms with Crippen LogP contribution in [0.25, 0.3) is 0 Å². The zero-order valence-electron chi connectivity index (χ0n) is 31.4. The van der Waals surface area contributed by atoms with Gasteiger partial charge in [-0.2, -0.15) is 0 Å². The number of nitrogens with one attached hydrogen (secondary N) is 1. The molecular formula is C39H75NO10. The molecule has 0 saturated carbocycles. The van der Waals surface area contributed by atoms with Gasteiger partial charge >= 0.3 is 0 Å². The van der Waals surface area contributed by atoms with Gasteiger partial charge in [0.05, 0.1) is 25.4 Å². The molecule has 1 aliphatic rings. The molecule has 0 aromatic heterocycles. The van der Waals surface area contributed by atoms with Gasteiger partial charge in [0, 0.05) is 0 Å². The Morgan fingerprint density at radius 1 is 0.680 bits per heavy atom. The van der Waals surface area contributed by atoms with Crippen molar-refractivity contribution in [1.29, 1.82) is 0 Å². The van der Waals surface area contributed by atoms with Crippen molar-refractivity contribution < 1.29 is 50.0 Å². The lowest BCUT2D eigenvalue weighted by Crippen LogP contribution is -2.60. The molecule has 1 heterocycles. The number of aliphatic hydroxyl groups excluding tert-OH is 7. The predicted octanol–water partition coefficient (Wildman–Crippen LogP) is 4.94. The topological polar surface area (TPSA) is 189 Å². The molecule has 0 aromatic carbocycles. The van der Waals surface area contributed by atoms with Crippen LogP contribution in [0.2, 0.25) is 0 Å². The summed E-state index contributed by atoms with van der Waals surface area (Å²) in [7, 11) is 0. The van der Waals surface area contributed by atoms with E-state index in [9.17, 15) is 40.5 Å². The zero-order chi connectivity index (χ0) is 37.0. The molecule has 1 rings (SSSR count). The second-order valence-corrected chi connectivity index (χ2v) is 14.4. The third-order valence-electron chi connectivity index (χ3n) is 9.82. The molecule has 0 radical (unpaired) electrons. The molecular weight excluding hydrogens is 642 g/mol. The summed E-state index contributed by atoms with van der Waals surface area (Å²) in [6, 6.07) is -1.18. The number of aliphatic hydroxyl groups is 7. The smallest absolute Gasteiger partial charge is 0.249 e. The highest BCUT2D eigenvalue weighted by molar-refractivity contribution is 5.80. The highest BCUT2D eigenvalue weighted by atomic mass is 16.7. The molecule has 0 bridgehead atoms. The Hall–Kier alpha value is -1.15. The Balaban J connectivity index is 2.58. The lowest BCUT2D eigenvalue weighted by atomic mass is 9.98. The van der Waals surface area contributed by atoms with Gasteiger partial charge in [-0.3, -0.25) is 4.79 Å². The normalized spacial score (nSPS) is 23.6. The molecule has 0 aliphatic carbocycles. The molecule has 0 unspecified atom stereocenters. The number of unbranched alkanes of at least 4 members (excludes halogenated alkanes) is 18. The highest BCUT2D eigenvalue weighted by Crippen LogP contribution is 2.23. The van der Waals surface area contributed by atoms with Crippen molar-refractivity contribution in [2.75, 3.05) is 13.2 Å². The van der Waals surface area contributed by atoms with E-state index in [2.05, 4.69) is 31.3 Å². The molecule has 50 heavy (non-hydrogen) atoms. The van der Waals surface area contributed by atoms with Gasteiger partial charge in [-0.15, -0.1) is 0 Å². The maximum atomic E-state index is 13.0. The fourth-order valence-electron chi connectivity index (χ4n) is 6.38. The van der Waals surface area contributed by atoms with Crippen LogP contribution >= 0.6 is 0 Å². The van der Waals surface area contributed by atoms with Gasteiger partial charge < -0.3 is 50.5 Å². The number of ether oxygens (including phenoxy) is 2. The summed E-state index contributed by atoms with van der Waals surface area (Å²) in [5.74, 6) is -0.709. The molecule has 296 valence electrons. The monoisotopic (exact) mass is 718 g/mol. The minimum Gasteiger partial charge on any atom is -0.394 e. The van der Waals surface area contributed by atoms with Crippen LogP contribution in [-0.2, 0) is 14.3 Å². The van der Waals surface area contributed by atoms with Crippen LogP contribution in [0.3, 0.4) is 0 Å². The first kappa shape index (κ1) is 46.9. The van der Waals surface area contributed by atoms with E-state index in [1.807, 2.05) is 0 Å². The van der Waals surface area contributed by atoms with Crippen LogP contribution in [-0.4, -0.2) is 110 Å². The summed E-state index contributed by atoms with van der Waals surface area (Å²) < 4.78 is 11.0. The molecule has 1 saturated heterocycles. The van der Waals surface area contributed by atoms with Gasteiger partial charge in [0.1, 0.15) is 36.6 Å². The highest BCUT2D eigenvalue weighted by Gasteiger charge is 2.44. The summed E-state index contributed by atoms with van der Waals surface area (Å²) in [5.41, 5.74) is 0. The summed E-state index contributed by atoms with van der Waals surface area (Å²) in [6.45, 7) is 3.37. The molecule has 8 N–H and O–H groups in total. The number of allylic oxidation sites excluding steroid dienone is 2. The van der Waals surface area contributed by atoms with Gasteiger partial charge in [-0.25, -0.2) is 0 Å².